The largest absolute Gasteiger partial charge is 0.422 e. The standard InChI is InChI=1S/C11H18N2.C2N3/c1-3-8-13-9-7-12-10(13)11(2)5-4-6-11;3-1-5-2-4/h7,9H,3-6,8H2,1-2H3;/q;-1/p+1. The topological polar surface area (TPSA) is 78.1 Å². The molecule has 0 aromatic carbocycles. The Balaban J connectivity index is 0.000000280. The van der Waals surface area contributed by atoms with Crippen LogP contribution in [0.15, 0.2) is 17.4 Å². The molecule has 5 nitrogen and oxygen atoms in total. The van der Waals surface area contributed by atoms with Crippen LogP contribution in [0.25, 0.3) is 5.41 Å². The van der Waals surface area contributed by atoms with Crippen molar-refractivity contribution in [2.75, 3.05) is 0 Å². The van der Waals surface area contributed by atoms with Crippen LogP contribution in [0.3, 0.4) is 0 Å². The molecule has 1 aliphatic carbocycles. The predicted molar refractivity (Wildman–Crippen MR) is 68.9 cm³/mol. The first-order valence-corrected chi connectivity index (χ1v) is 6.23. The van der Waals surface area contributed by atoms with Gasteiger partial charge in [-0.2, -0.15) is 5.26 Å². The zero-order valence-corrected chi connectivity index (χ0v) is 11.0. The Labute approximate surface area is 108 Å². The van der Waals surface area contributed by atoms with Gasteiger partial charge in [0.15, 0.2) is 0 Å². The molecule has 0 radical (unpaired) electrons. The van der Waals surface area contributed by atoms with Gasteiger partial charge in [0, 0.05) is 0 Å². The summed E-state index contributed by atoms with van der Waals surface area (Å²) < 4.78 is 2.37. The van der Waals surface area contributed by atoms with E-state index in [1.807, 2.05) is 0 Å². The number of aryl methyl sites for hydroxylation is 1. The van der Waals surface area contributed by atoms with Gasteiger partial charge in [0.05, 0.1) is 18.2 Å². The molecule has 0 unspecified atom stereocenters. The van der Waals surface area contributed by atoms with Gasteiger partial charge >= 0.3 is 0 Å². The average Bonchev–Trinajstić information content (AvgIpc) is 2.77. The summed E-state index contributed by atoms with van der Waals surface area (Å²) in [6.45, 7) is 5.75. The number of hydrogen-bond acceptors (Lipinski definition) is 2. The molecule has 0 spiro atoms. The van der Waals surface area contributed by atoms with E-state index in [4.69, 9.17) is 10.7 Å². The van der Waals surface area contributed by atoms with Crippen LogP contribution in [-0.4, -0.2) is 11.0 Å². The molecule has 2 rings (SSSR count). The second-order valence-corrected chi connectivity index (χ2v) is 4.73. The Bertz CT molecular complexity index is 458. The number of rotatable bonds is 3. The highest BCUT2D eigenvalue weighted by Gasteiger charge is 2.41. The number of aromatic amines is 1. The lowest BCUT2D eigenvalue weighted by molar-refractivity contribution is -0.707. The Hall–Kier alpha value is -1.92. The lowest BCUT2D eigenvalue weighted by Crippen LogP contribution is -2.46. The van der Waals surface area contributed by atoms with Crippen LogP contribution in [0, 0.1) is 11.5 Å². The first-order valence-electron chi connectivity index (χ1n) is 6.23. The number of hydrogen-bond donors (Lipinski definition) is 1. The fourth-order valence-corrected chi connectivity index (χ4v) is 2.28. The van der Waals surface area contributed by atoms with Crippen molar-refractivity contribution in [3.63, 3.8) is 0 Å². The first-order chi connectivity index (χ1) is 8.68. The molecule has 1 saturated carbocycles. The first kappa shape index (κ1) is 14.1. The lowest BCUT2D eigenvalue weighted by atomic mass is 9.70. The second-order valence-electron chi connectivity index (χ2n) is 4.73. The third-order valence-electron chi connectivity index (χ3n) is 3.36. The van der Waals surface area contributed by atoms with Gasteiger partial charge in [-0.3, -0.25) is 0 Å². The molecule has 0 aliphatic heterocycles. The van der Waals surface area contributed by atoms with E-state index in [0.717, 1.165) is 6.54 Å². The summed E-state index contributed by atoms with van der Waals surface area (Å²) in [6.07, 6.45) is 10.8. The summed E-state index contributed by atoms with van der Waals surface area (Å²) in [6, 6.07) is 1.28. The maximum Gasteiger partial charge on any atom is 0.260 e. The average molecular weight is 245 g/mol. The minimum Gasteiger partial charge on any atom is -0.422 e. The van der Waals surface area contributed by atoms with Gasteiger partial charge in [0.25, 0.3) is 5.82 Å². The number of nitriles is 1. The summed E-state index contributed by atoms with van der Waals surface area (Å²) in [7, 11) is 0. The summed E-state index contributed by atoms with van der Waals surface area (Å²) in [5.41, 5.74) is 0.443. The summed E-state index contributed by atoms with van der Waals surface area (Å²) in [5, 5.41) is 14.9. The number of aromatic nitrogens is 2. The Morgan fingerprint density at radius 3 is 2.72 bits per heavy atom. The monoisotopic (exact) mass is 245 g/mol. The van der Waals surface area contributed by atoms with Crippen molar-refractivity contribution in [1.82, 2.24) is 4.98 Å². The van der Waals surface area contributed by atoms with Crippen molar-refractivity contribution in [2.45, 2.75) is 51.5 Å². The molecule has 0 bridgehead atoms. The molecule has 1 aromatic heterocycles. The van der Waals surface area contributed by atoms with E-state index in [9.17, 15) is 0 Å². The molecular weight excluding hydrogens is 226 g/mol. The van der Waals surface area contributed by atoms with Gasteiger partial charge in [-0.25, -0.2) is 9.55 Å². The van der Waals surface area contributed by atoms with Crippen LogP contribution in [-0.2, 0) is 12.0 Å². The minimum atomic E-state index is 0.443. The molecule has 0 saturated heterocycles. The van der Waals surface area contributed by atoms with E-state index in [1.165, 1.54) is 43.7 Å². The molecule has 1 aliphatic rings. The molecule has 5 heteroatoms. The summed E-state index contributed by atoms with van der Waals surface area (Å²) in [5.74, 6) is 1.43. The van der Waals surface area contributed by atoms with Crippen LogP contribution >= 0.6 is 0 Å². The van der Waals surface area contributed by atoms with Crippen molar-refractivity contribution in [1.29, 1.82) is 5.26 Å². The lowest BCUT2D eigenvalue weighted by Gasteiger charge is -2.34. The molecule has 1 N–H and O–H groups in total. The third kappa shape index (κ3) is 3.28. The zero-order chi connectivity index (χ0) is 13.4. The molecule has 0 atom stereocenters. The Morgan fingerprint density at radius 2 is 2.33 bits per heavy atom. The summed E-state index contributed by atoms with van der Waals surface area (Å²) >= 11 is 0. The Kier molecular flexibility index (Phi) is 5.29. The predicted octanol–water partition coefficient (Wildman–Crippen LogP) is 2.36. The van der Waals surface area contributed by atoms with Crippen molar-refractivity contribution in [2.24, 2.45) is 4.99 Å². The van der Waals surface area contributed by atoms with E-state index in [-0.39, 0.29) is 0 Å². The second kappa shape index (κ2) is 6.73. The van der Waals surface area contributed by atoms with Crippen LogP contribution in [0.1, 0.15) is 45.4 Å². The van der Waals surface area contributed by atoms with E-state index in [2.05, 4.69) is 40.8 Å². The molecule has 0 amide bonds. The van der Waals surface area contributed by atoms with Gasteiger partial charge in [-0.1, -0.05) is 13.3 Å². The van der Waals surface area contributed by atoms with E-state index >= 15 is 0 Å². The van der Waals surface area contributed by atoms with Gasteiger partial charge in [0.2, 0.25) is 0 Å². The number of aliphatic imine (C=N–C) groups is 1. The van der Waals surface area contributed by atoms with Crippen molar-refractivity contribution in [3.05, 3.63) is 23.6 Å². The van der Waals surface area contributed by atoms with Crippen molar-refractivity contribution in [3.8, 4) is 6.19 Å². The maximum atomic E-state index is 7.43. The van der Waals surface area contributed by atoms with Gasteiger partial charge in [0.1, 0.15) is 12.4 Å². The number of nitrogens with zero attached hydrogens (tertiary/aromatic N) is 4. The molecule has 96 valence electrons. The highest BCUT2D eigenvalue weighted by atomic mass is 15.1. The number of H-pyrrole nitrogens is 1. The van der Waals surface area contributed by atoms with E-state index in [1.54, 1.807) is 0 Å². The van der Waals surface area contributed by atoms with Crippen molar-refractivity contribution < 1.29 is 4.57 Å². The quantitative estimate of drug-likeness (QED) is 0.495. The molecule has 1 fully saturated rings. The molecule has 1 aromatic rings. The third-order valence-corrected chi connectivity index (χ3v) is 3.36. The number of nitrogens with one attached hydrogen (secondary N) is 1. The van der Waals surface area contributed by atoms with E-state index < -0.39 is 0 Å². The van der Waals surface area contributed by atoms with Gasteiger partial charge in [-0.15, -0.1) is 6.01 Å². The van der Waals surface area contributed by atoms with Crippen LogP contribution < -0.4 is 4.57 Å². The van der Waals surface area contributed by atoms with E-state index in [0.29, 0.717) is 5.41 Å². The fourth-order valence-electron chi connectivity index (χ4n) is 2.28. The normalized spacial score (nSPS) is 15.4. The van der Waals surface area contributed by atoms with Crippen molar-refractivity contribution >= 4 is 6.01 Å². The highest BCUT2D eigenvalue weighted by Crippen LogP contribution is 2.40. The molecule has 18 heavy (non-hydrogen) atoms. The summed E-state index contributed by atoms with van der Waals surface area (Å²) in [4.78, 5) is 5.98. The highest BCUT2D eigenvalue weighted by molar-refractivity contribution is 5.46. The minimum absolute atomic E-state index is 0.443. The zero-order valence-electron chi connectivity index (χ0n) is 11.0. The SMILES string of the molecule is CCC[n+]1cc[nH]c1C1(C)CCC1.N#CN=C=[N-]. The van der Waals surface area contributed by atoms with Gasteiger partial charge < -0.3 is 10.4 Å². The van der Waals surface area contributed by atoms with Crippen LogP contribution in [0.2, 0.25) is 0 Å². The van der Waals surface area contributed by atoms with Gasteiger partial charge in [-0.05, 0) is 26.2 Å². The fraction of sp³-hybridized carbons (Fsp3) is 0.615. The molecule has 1 heterocycles. The smallest absolute Gasteiger partial charge is 0.260 e. The Morgan fingerprint density at radius 1 is 1.61 bits per heavy atom. The number of imidazole rings is 1. The van der Waals surface area contributed by atoms with Crippen LogP contribution in [0.4, 0.5) is 0 Å². The maximum absolute atomic E-state index is 7.43. The molecular formula is C13H19N5. The van der Waals surface area contributed by atoms with Crippen LogP contribution in [0.5, 0.6) is 0 Å².